The second-order valence-electron chi connectivity index (χ2n) is 5.18. The van der Waals surface area contributed by atoms with Crippen molar-refractivity contribution in [2.45, 2.75) is 12.8 Å². The van der Waals surface area contributed by atoms with Gasteiger partial charge in [-0.2, -0.15) is 0 Å². The van der Waals surface area contributed by atoms with Crippen LogP contribution in [-0.2, 0) is 17.6 Å². The molecule has 0 aliphatic heterocycles. The van der Waals surface area contributed by atoms with Crippen molar-refractivity contribution in [3.8, 4) is 0 Å². The van der Waals surface area contributed by atoms with Gasteiger partial charge in [0.15, 0.2) is 0 Å². The quantitative estimate of drug-likeness (QED) is 0.672. The minimum Gasteiger partial charge on any atom is -0.383 e. The minimum atomic E-state index is 0.606. The maximum Gasteiger partial charge on any atom is 0.0587 e. The van der Waals surface area contributed by atoms with Crippen molar-refractivity contribution < 1.29 is 4.74 Å². The molecule has 0 aliphatic rings. The number of hydrogen-bond donors (Lipinski definition) is 1. The second-order valence-corrected chi connectivity index (χ2v) is 7.13. The van der Waals surface area contributed by atoms with Gasteiger partial charge < -0.3 is 10.1 Å². The average Bonchev–Trinajstić information content (AvgIpc) is 2.96. The van der Waals surface area contributed by atoms with Gasteiger partial charge in [-0.3, -0.25) is 0 Å². The van der Waals surface area contributed by atoms with E-state index in [1.54, 1.807) is 7.11 Å². The summed E-state index contributed by atoms with van der Waals surface area (Å²) in [7, 11) is 1.74. The molecule has 1 aromatic carbocycles. The molecule has 1 aromatic heterocycles. The Hall–Kier alpha value is -0.680. The summed E-state index contributed by atoms with van der Waals surface area (Å²) in [5.74, 6) is 0.606. The fourth-order valence-corrected chi connectivity index (χ4v) is 3.68. The SMILES string of the molecule is COCCNCC(Cc1cccc(Br)c1)Cc1cccs1. The topological polar surface area (TPSA) is 21.3 Å². The third-order valence-corrected chi connectivity index (χ3v) is 4.79. The zero-order valence-electron chi connectivity index (χ0n) is 12.3. The number of methoxy groups -OCH3 is 1. The molecule has 1 atom stereocenters. The van der Waals surface area contributed by atoms with Crippen LogP contribution in [0.1, 0.15) is 10.4 Å². The van der Waals surface area contributed by atoms with E-state index < -0.39 is 0 Å². The molecular weight excluding hydrogens is 346 g/mol. The molecule has 0 fully saturated rings. The predicted molar refractivity (Wildman–Crippen MR) is 94.1 cm³/mol. The number of hydrogen-bond acceptors (Lipinski definition) is 3. The van der Waals surface area contributed by atoms with E-state index in [0.29, 0.717) is 5.92 Å². The summed E-state index contributed by atoms with van der Waals surface area (Å²) in [6, 6.07) is 13.0. The molecule has 0 radical (unpaired) electrons. The molecule has 0 saturated heterocycles. The molecule has 2 rings (SSSR count). The fourth-order valence-electron chi connectivity index (χ4n) is 2.41. The molecule has 114 valence electrons. The molecule has 0 bridgehead atoms. The molecule has 0 spiro atoms. The minimum absolute atomic E-state index is 0.606. The van der Waals surface area contributed by atoms with Crippen LogP contribution < -0.4 is 5.32 Å². The third-order valence-electron chi connectivity index (χ3n) is 3.40. The Morgan fingerprint density at radius 3 is 2.86 bits per heavy atom. The molecule has 1 unspecified atom stereocenters. The molecule has 0 saturated carbocycles. The highest BCUT2D eigenvalue weighted by Crippen LogP contribution is 2.20. The van der Waals surface area contributed by atoms with E-state index in [0.717, 1.165) is 37.0 Å². The number of nitrogens with one attached hydrogen (secondary N) is 1. The van der Waals surface area contributed by atoms with Gasteiger partial charge in [-0.1, -0.05) is 34.1 Å². The standard InChI is InChI=1S/C17H22BrNOS/c1-20-8-7-19-13-15(12-17-6-3-9-21-17)10-14-4-2-5-16(18)11-14/h2-6,9,11,15,19H,7-8,10,12-13H2,1H3. The van der Waals surface area contributed by atoms with Gasteiger partial charge in [0.25, 0.3) is 0 Å². The highest BCUT2D eigenvalue weighted by Gasteiger charge is 2.11. The molecular formula is C17H22BrNOS. The second kappa shape index (κ2) is 9.36. The van der Waals surface area contributed by atoms with Crippen molar-refractivity contribution in [1.82, 2.24) is 5.32 Å². The molecule has 21 heavy (non-hydrogen) atoms. The highest BCUT2D eigenvalue weighted by atomic mass is 79.9. The lowest BCUT2D eigenvalue weighted by Crippen LogP contribution is -2.28. The van der Waals surface area contributed by atoms with Gasteiger partial charge in [0, 0.05) is 23.0 Å². The van der Waals surface area contributed by atoms with E-state index in [1.165, 1.54) is 10.4 Å². The summed E-state index contributed by atoms with van der Waals surface area (Å²) < 4.78 is 6.25. The Morgan fingerprint density at radius 2 is 2.14 bits per heavy atom. The van der Waals surface area contributed by atoms with Crippen molar-refractivity contribution >= 4 is 27.3 Å². The van der Waals surface area contributed by atoms with Gasteiger partial charge in [0.2, 0.25) is 0 Å². The van der Waals surface area contributed by atoms with E-state index in [9.17, 15) is 0 Å². The first-order valence-corrected chi connectivity index (χ1v) is 8.91. The van der Waals surface area contributed by atoms with Crippen LogP contribution in [0.5, 0.6) is 0 Å². The summed E-state index contributed by atoms with van der Waals surface area (Å²) >= 11 is 5.40. The molecule has 2 aromatic rings. The summed E-state index contributed by atoms with van der Waals surface area (Å²) in [6.45, 7) is 2.70. The number of thiophene rings is 1. The summed E-state index contributed by atoms with van der Waals surface area (Å²) in [5, 5.41) is 5.66. The summed E-state index contributed by atoms with van der Waals surface area (Å²) in [6.07, 6.45) is 2.22. The molecule has 1 N–H and O–H groups in total. The monoisotopic (exact) mass is 367 g/mol. The van der Waals surface area contributed by atoms with Crippen LogP contribution in [0, 0.1) is 5.92 Å². The zero-order chi connectivity index (χ0) is 14.9. The van der Waals surface area contributed by atoms with Crippen LogP contribution in [0.15, 0.2) is 46.3 Å². The van der Waals surface area contributed by atoms with E-state index in [4.69, 9.17) is 4.74 Å². The van der Waals surface area contributed by atoms with Gasteiger partial charge >= 0.3 is 0 Å². The summed E-state index contributed by atoms with van der Waals surface area (Å²) in [5.41, 5.74) is 1.39. The van der Waals surface area contributed by atoms with Crippen molar-refractivity contribution in [3.63, 3.8) is 0 Å². The van der Waals surface area contributed by atoms with Crippen molar-refractivity contribution in [2.24, 2.45) is 5.92 Å². The Balaban J connectivity index is 1.93. The number of ether oxygens (including phenoxy) is 1. The first-order valence-electron chi connectivity index (χ1n) is 7.24. The van der Waals surface area contributed by atoms with Crippen LogP contribution in [0.4, 0.5) is 0 Å². The van der Waals surface area contributed by atoms with Crippen molar-refractivity contribution in [3.05, 3.63) is 56.7 Å². The van der Waals surface area contributed by atoms with Crippen LogP contribution >= 0.6 is 27.3 Å². The number of benzene rings is 1. The smallest absolute Gasteiger partial charge is 0.0587 e. The van der Waals surface area contributed by atoms with Gasteiger partial charge in [-0.25, -0.2) is 0 Å². The molecule has 0 aliphatic carbocycles. The van der Waals surface area contributed by atoms with Crippen LogP contribution in [0.2, 0.25) is 0 Å². The highest BCUT2D eigenvalue weighted by molar-refractivity contribution is 9.10. The lowest BCUT2D eigenvalue weighted by atomic mass is 9.95. The zero-order valence-corrected chi connectivity index (χ0v) is 14.8. The Morgan fingerprint density at radius 1 is 1.24 bits per heavy atom. The number of halogens is 1. The maximum absolute atomic E-state index is 5.10. The Labute approximate surface area is 139 Å². The molecule has 2 nitrogen and oxygen atoms in total. The first kappa shape index (κ1) is 16.7. The first-order chi connectivity index (χ1) is 10.3. The fraction of sp³-hybridized carbons (Fsp3) is 0.412. The van der Waals surface area contributed by atoms with E-state index in [1.807, 2.05) is 11.3 Å². The molecule has 4 heteroatoms. The van der Waals surface area contributed by atoms with E-state index in [-0.39, 0.29) is 0 Å². The van der Waals surface area contributed by atoms with Crippen LogP contribution in [0.3, 0.4) is 0 Å². The lowest BCUT2D eigenvalue weighted by molar-refractivity contribution is 0.197. The van der Waals surface area contributed by atoms with Crippen LogP contribution in [-0.4, -0.2) is 26.8 Å². The lowest BCUT2D eigenvalue weighted by Gasteiger charge is -2.17. The van der Waals surface area contributed by atoms with Gasteiger partial charge in [-0.15, -0.1) is 11.3 Å². The number of rotatable bonds is 9. The average molecular weight is 368 g/mol. The van der Waals surface area contributed by atoms with E-state index >= 15 is 0 Å². The molecule has 1 heterocycles. The predicted octanol–water partition coefficient (Wildman–Crippen LogP) is 4.15. The largest absolute Gasteiger partial charge is 0.383 e. The third kappa shape index (κ3) is 6.30. The maximum atomic E-state index is 5.10. The van der Waals surface area contributed by atoms with Gasteiger partial charge in [0.05, 0.1) is 6.61 Å². The van der Waals surface area contributed by atoms with Gasteiger partial charge in [0.1, 0.15) is 0 Å². The van der Waals surface area contributed by atoms with Gasteiger partial charge in [-0.05, 0) is 54.4 Å². The normalized spacial score (nSPS) is 12.5. The van der Waals surface area contributed by atoms with E-state index in [2.05, 4.69) is 63.0 Å². The Kier molecular flexibility index (Phi) is 7.44. The van der Waals surface area contributed by atoms with Crippen molar-refractivity contribution in [1.29, 1.82) is 0 Å². The van der Waals surface area contributed by atoms with Crippen LogP contribution in [0.25, 0.3) is 0 Å². The molecule has 0 amide bonds. The van der Waals surface area contributed by atoms with Crippen molar-refractivity contribution in [2.75, 3.05) is 26.8 Å². The Bertz CT molecular complexity index is 515. The summed E-state index contributed by atoms with van der Waals surface area (Å²) in [4.78, 5) is 1.46.